The molecule has 0 spiro atoms. The van der Waals surface area contributed by atoms with Crippen molar-refractivity contribution in [3.05, 3.63) is 6.92 Å². The van der Waals surface area contributed by atoms with Crippen LogP contribution in [-0.2, 0) is 9.13 Å². The monoisotopic (exact) mass is 249 g/mol. The Morgan fingerprint density at radius 3 is 1.92 bits per heavy atom. The molecule has 0 fully saturated rings. The van der Waals surface area contributed by atoms with Crippen molar-refractivity contribution in [1.29, 1.82) is 0 Å². The fourth-order valence-corrected chi connectivity index (χ4v) is 7.01. The molecule has 2 unspecified atom stereocenters. The van der Waals surface area contributed by atoms with Crippen LogP contribution in [0, 0.1) is 6.92 Å². The smallest absolute Gasteiger partial charge is 0.244 e. The Morgan fingerprint density at radius 2 is 1.67 bits per heavy atom. The molecular formula is C4H11O4P2S2. The largest absolute Gasteiger partial charge is 0.339 e. The van der Waals surface area contributed by atoms with Crippen molar-refractivity contribution in [2.75, 3.05) is 0 Å². The van der Waals surface area contributed by atoms with E-state index < -0.39 is 14.5 Å². The van der Waals surface area contributed by atoms with E-state index in [1.165, 1.54) is 0 Å². The minimum absolute atomic E-state index is 0.282. The van der Waals surface area contributed by atoms with E-state index in [0.29, 0.717) is 12.8 Å². The third kappa shape index (κ3) is 7.71. The van der Waals surface area contributed by atoms with Gasteiger partial charge in [-0.1, -0.05) is 36.1 Å². The highest BCUT2D eigenvalue weighted by atomic mass is 32.8. The Morgan fingerprint density at radius 1 is 1.25 bits per heavy atom. The van der Waals surface area contributed by atoms with Crippen molar-refractivity contribution in [3.8, 4) is 0 Å². The maximum atomic E-state index is 10.4. The van der Waals surface area contributed by atoms with Crippen LogP contribution < -0.4 is 0 Å². The zero-order valence-electron chi connectivity index (χ0n) is 6.23. The molecule has 0 heterocycles. The number of rotatable bonds is 6. The lowest BCUT2D eigenvalue weighted by Gasteiger charge is -2.09. The zero-order valence-corrected chi connectivity index (χ0v) is 9.86. The molecule has 2 atom stereocenters. The molecule has 1 radical (unpaired) electrons. The molecular weight excluding hydrogens is 238 g/mol. The van der Waals surface area contributed by atoms with E-state index in [4.69, 9.17) is 9.79 Å². The molecule has 0 aromatic heterocycles. The Labute approximate surface area is 80.7 Å². The van der Waals surface area contributed by atoms with E-state index in [9.17, 15) is 9.13 Å². The molecule has 0 aromatic rings. The van der Waals surface area contributed by atoms with Gasteiger partial charge in [0.1, 0.15) is 0 Å². The van der Waals surface area contributed by atoms with Crippen LogP contribution in [0.2, 0.25) is 0 Å². The summed E-state index contributed by atoms with van der Waals surface area (Å²) in [6, 6.07) is 0. The zero-order chi connectivity index (χ0) is 9.56. The average molecular weight is 249 g/mol. The summed E-state index contributed by atoms with van der Waals surface area (Å²) in [5, 5.41) is 0. The lowest BCUT2D eigenvalue weighted by molar-refractivity contribution is 0.518. The predicted molar refractivity (Wildman–Crippen MR) is 56.0 cm³/mol. The van der Waals surface area contributed by atoms with Crippen molar-refractivity contribution in [2.24, 2.45) is 0 Å². The third-order valence-corrected chi connectivity index (χ3v) is 6.82. The van der Waals surface area contributed by atoms with E-state index in [-0.39, 0.29) is 4.58 Å². The van der Waals surface area contributed by atoms with Crippen LogP contribution in [0.4, 0.5) is 0 Å². The molecule has 0 aliphatic rings. The molecule has 2 N–H and O–H groups in total. The van der Waals surface area contributed by atoms with Crippen LogP contribution in [0.15, 0.2) is 0 Å². The summed E-state index contributed by atoms with van der Waals surface area (Å²) in [6.45, 7) is 3.57. The van der Waals surface area contributed by atoms with Crippen molar-refractivity contribution in [2.45, 2.75) is 17.4 Å². The summed E-state index contributed by atoms with van der Waals surface area (Å²) in [5.74, 6) is 0. The predicted octanol–water partition coefficient (Wildman–Crippen LogP) is 2.16. The number of hydrogen-bond acceptors (Lipinski definition) is 4. The molecule has 73 valence electrons. The van der Waals surface area contributed by atoms with Crippen molar-refractivity contribution >= 4 is 37.2 Å². The SMILES string of the molecule is [CH2]CCC(S[PH](=O)O)S[PH](=O)O. The van der Waals surface area contributed by atoms with Gasteiger partial charge in [-0.2, -0.15) is 0 Å². The lowest BCUT2D eigenvalue weighted by atomic mass is 10.4. The summed E-state index contributed by atoms with van der Waals surface area (Å²) in [5.41, 5.74) is 0. The number of hydrogen-bond donors (Lipinski definition) is 2. The minimum Gasteiger partial charge on any atom is -0.339 e. The van der Waals surface area contributed by atoms with Crippen molar-refractivity contribution < 1.29 is 18.9 Å². The van der Waals surface area contributed by atoms with Crippen LogP contribution in [0.25, 0.3) is 0 Å². The molecule has 0 saturated heterocycles. The fourth-order valence-electron chi connectivity index (χ4n) is 0.533. The summed E-state index contributed by atoms with van der Waals surface area (Å²) >= 11 is 1.69. The van der Waals surface area contributed by atoms with Gasteiger partial charge in [0.05, 0.1) is 4.58 Å². The van der Waals surface area contributed by atoms with E-state index in [2.05, 4.69) is 6.92 Å². The highest BCUT2D eigenvalue weighted by molar-refractivity contribution is 8.61. The van der Waals surface area contributed by atoms with Gasteiger partial charge in [0.2, 0.25) is 14.5 Å². The quantitative estimate of drug-likeness (QED) is 0.555. The fraction of sp³-hybridized carbons (Fsp3) is 0.750. The Bertz CT molecular complexity index is 160. The second kappa shape index (κ2) is 7.48. The summed E-state index contributed by atoms with van der Waals surface area (Å²) in [7, 11) is -5.23. The molecule has 0 aliphatic heterocycles. The lowest BCUT2D eigenvalue weighted by Crippen LogP contribution is -1.91. The average Bonchev–Trinajstić information content (AvgIpc) is 1.84. The van der Waals surface area contributed by atoms with Gasteiger partial charge in [-0.25, -0.2) is 0 Å². The second-order valence-corrected chi connectivity index (χ2v) is 8.32. The molecule has 0 aliphatic carbocycles. The highest BCUT2D eigenvalue weighted by Gasteiger charge is 2.13. The van der Waals surface area contributed by atoms with Crippen molar-refractivity contribution in [1.82, 2.24) is 0 Å². The van der Waals surface area contributed by atoms with Gasteiger partial charge in [0, 0.05) is 0 Å². The molecule has 0 bridgehead atoms. The first-order valence-corrected chi connectivity index (χ1v) is 9.06. The van der Waals surface area contributed by atoms with Crippen LogP contribution in [0.3, 0.4) is 0 Å². The van der Waals surface area contributed by atoms with Gasteiger partial charge >= 0.3 is 0 Å². The minimum atomic E-state index is -2.62. The third-order valence-electron chi connectivity index (χ3n) is 0.904. The van der Waals surface area contributed by atoms with E-state index in [0.717, 1.165) is 22.8 Å². The van der Waals surface area contributed by atoms with Gasteiger partial charge in [0.25, 0.3) is 0 Å². The maximum Gasteiger partial charge on any atom is 0.244 e. The van der Waals surface area contributed by atoms with Gasteiger partial charge < -0.3 is 9.79 Å². The van der Waals surface area contributed by atoms with Crippen molar-refractivity contribution in [3.63, 3.8) is 0 Å². The molecule has 0 rings (SSSR count). The summed E-state index contributed by atoms with van der Waals surface area (Å²) in [6.07, 6.45) is 1.16. The first kappa shape index (κ1) is 13.1. The van der Waals surface area contributed by atoms with E-state index >= 15 is 0 Å². The summed E-state index contributed by atoms with van der Waals surface area (Å²) < 4.78 is 20.5. The second-order valence-electron chi connectivity index (χ2n) is 1.84. The first-order chi connectivity index (χ1) is 5.56. The highest BCUT2D eigenvalue weighted by Crippen LogP contribution is 2.50. The van der Waals surface area contributed by atoms with E-state index in [1.54, 1.807) is 0 Å². The van der Waals surface area contributed by atoms with E-state index in [1.807, 2.05) is 0 Å². The Balaban J connectivity index is 3.85. The molecule has 0 saturated carbocycles. The maximum absolute atomic E-state index is 10.4. The molecule has 0 amide bonds. The standard InChI is InChI=1S/C4H11O4P2S2/c1-2-3-4(11-9(5)6)12-10(7)8/h4,9-10H,1-3H2,(H,5,6)(H,7,8). The molecule has 4 nitrogen and oxygen atoms in total. The molecule has 8 heteroatoms. The molecule has 0 aromatic carbocycles. The topological polar surface area (TPSA) is 74.6 Å². The molecule has 12 heavy (non-hydrogen) atoms. The van der Waals surface area contributed by atoms with Crippen LogP contribution in [-0.4, -0.2) is 14.4 Å². The van der Waals surface area contributed by atoms with Gasteiger partial charge in [0.15, 0.2) is 0 Å². The van der Waals surface area contributed by atoms with Gasteiger partial charge in [-0.3, -0.25) is 9.13 Å². The Kier molecular flexibility index (Phi) is 8.15. The summed E-state index contributed by atoms with van der Waals surface area (Å²) in [4.78, 5) is 17.1. The normalized spacial score (nSPS) is 18.6. The van der Waals surface area contributed by atoms with Gasteiger partial charge in [-0.05, 0) is 6.42 Å². The van der Waals surface area contributed by atoms with Gasteiger partial charge in [-0.15, -0.1) is 0 Å². The van der Waals surface area contributed by atoms with Crippen LogP contribution in [0.5, 0.6) is 0 Å². The van der Waals surface area contributed by atoms with Crippen LogP contribution in [0.1, 0.15) is 12.8 Å². The first-order valence-electron chi connectivity index (χ1n) is 3.14. The Hall–Kier alpha value is 1.08. The van der Waals surface area contributed by atoms with Crippen LogP contribution >= 0.6 is 37.2 Å².